The Morgan fingerprint density at radius 3 is 2.93 bits per heavy atom. The molecule has 0 atom stereocenters. The third kappa shape index (κ3) is 1.63. The Balaban J connectivity index is 2.49. The summed E-state index contributed by atoms with van der Waals surface area (Å²) in [5, 5.41) is 3.31. The molecule has 14 heavy (non-hydrogen) atoms. The summed E-state index contributed by atoms with van der Waals surface area (Å²) in [6, 6.07) is 3.61. The zero-order valence-electron chi connectivity index (χ0n) is 7.18. The third-order valence-corrected chi connectivity index (χ3v) is 2.54. The van der Waals surface area contributed by atoms with Crippen LogP contribution in [0.15, 0.2) is 17.7 Å². The SMILES string of the molecule is O=C1Cc2cc(/C=C/Cl)c(Cl)cc2N1. The highest BCUT2D eigenvalue weighted by atomic mass is 35.5. The Bertz CT molecular complexity index is 426. The van der Waals surface area contributed by atoms with Crippen LogP contribution in [-0.2, 0) is 11.2 Å². The second kappa shape index (κ2) is 3.64. The monoisotopic (exact) mass is 227 g/mol. The van der Waals surface area contributed by atoms with Gasteiger partial charge in [-0.1, -0.05) is 23.2 Å². The number of nitrogens with one attached hydrogen (secondary N) is 1. The average molecular weight is 228 g/mol. The van der Waals surface area contributed by atoms with Gasteiger partial charge in [-0.2, -0.15) is 0 Å². The predicted molar refractivity (Wildman–Crippen MR) is 58.7 cm³/mol. The molecule has 1 heterocycles. The van der Waals surface area contributed by atoms with Crippen LogP contribution in [-0.4, -0.2) is 5.91 Å². The van der Waals surface area contributed by atoms with Gasteiger partial charge >= 0.3 is 0 Å². The molecule has 0 bridgehead atoms. The molecule has 0 radical (unpaired) electrons. The van der Waals surface area contributed by atoms with E-state index >= 15 is 0 Å². The van der Waals surface area contributed by atoms with Crippen molar-refractivity contribution in [3.63, 3.8) is 0 Å². The van der Waals surface area contributed by atoms with Crippen LogP contribution in [0.25, 0.3) is 6.08 Å². The zero-order valence-corrected chi connectivity index (χ0v) is 8.69. The molecule has 0 saturated carbocycles. The molecule has 1 amide bonds. The fraction of sp³-hybridized carbons (Fsp3) is 0.100. The number of amides is 1. The van der Waals surface area contributed by atoms with E-state index in [4.69, 9.17) is 23.2 Å². The van der Waals surface area contributed by atoms with Crippen LogP contribution in [0.5, 0.6) is 0 Å². The van der Waals surface area contributed by atoms with Gasteiger partial charge in [0.05, 0.1) is 6.42 Å². The molecule has 0 aromatic heterocycles. The highest BCUT2D eigenvalue weighted by Gasteiger charge is 2.18. The molecule has 0 aliphatic carbocycles. The zero-order chi connectivity index (χ0) is 10.1. The van der Waals surface area contributed by atoms with Crippen LogP contribution in [0.2, 0.25) is 5.02 Å². The van der Waals surface area contributed by atoms with Crippen molar-refractivity contribution in [1.82, 2.24) is 0 Å². The summed E-state index contributed by atoms with van der Waals surface area (Å²) in [6.07, 6.45) is 2.11. The minimum Gasteiger partial charge on any atom is -0.325 e. The highest BCUT2D eigenvalue weighted by Crippen LogP contribution is 2.30. The lowest BCUT2D eigenvalue weighted by Gasteiger charge is -2.02. The first-order valence-corrected chi connectivity index (χ1v) is 4.91. The maximum atomic E-state index is 11.1. The largest absolute Gasteiger partial charge is 0.325 e. The molecule has 2 nitrogen and oxygen atoms in total. The van der Waals surface area contributed by atoms with Gasteiger partial charge in [-0.05, 0) is 29.3 Å². The molecular formula is C10H7Cl2NO. The second-order valence-electron chi connectivity index (χ2n) is 3.05. The van der Waals surface area contributed by atoms with Crippen LogP contribution in [0.1, 0.15) is 11.1 Å². The van der Waals surface area contributed by atoms with Gasteiger partial charge in [0.15, 0.2) is 0 Å². The summed E-state index contributed by atoms with van der Waals surface area (Å²) < 4.78 is 0. The fourth-order valence-electron chi connectivity index (χ4n) is 1.46. The summed E-state index contributed by atoms with van der Waals surface area (Å²) in [7, 11) is 0. The number of hydrogen-bond donors (Lipinski definition) is 1. The molecule has 2 rings (SSSR count). The highest BCUT2D eigenvalue weighted by molar-refractivity contribution is 6.33. The third-order valence-electron chi connectivity index (χ3n) is 2.09. The van der Waals surface area contributed by atoms with Crippen molar-refractivity contribution in [2.45, 2.75) is 6.42 Å². The lowest BCUT2D eigenvalue weighted by atomic mass is 10.1. The smallest absolute Gasteiger partial charge is 0.228 e. The number of benzene rings is 1. The number of anilines is 1. The van der Waals surface area contributed by atoms with Crippen molar-refractivity contribution in [2.24, 2.45) is 0 Å². The van der Waals surface area contributed by atoms with Gasteiger partial charge in [-0.25, -0.2) is 0 Å². The molecular weight excluding hydrogens is 221 g/mol. The number of fused-ring (bicyclic) bond motifs is 1. The molecule has 1 aromatic rings. The maximum Gasteiger partial charge on any atom is 0.228 e. The van der Waals surface area contributed by atoms with E-state index in [-0.39, 0.29) is 5.91 Å². The Morgan fingerprint density at radius 1 is 1.43 bits per heavy atom. The van der Waals surface area contributed by atoms with Gasteiger partial charge in [-0.3, -0.25) is 4.79 Å². The van der Waals surface area contributed by atoms with Crippen LogP contribution in [0, 0.1) is 0 Å². The second-order valence-corrected chi connectivity index (χ2v) is 3.71. The van der Waals surface area contributed by atoms with E-state index < -0.39 is 0 Å². The van der Waals surface area contributed by atoms with Crippen molar-refractivity contribution in [3.05, 3.63) is 33.8 Å². The Hall–Kier alpha value is -0.990. The molecule has 1 aromatic carbocycles. The van der Waals surface area contributed by atoms with E-state index in [1.807, 2.05) is 6.07 Å². The van der Waals surface area contributed by atoms with Crippen molar-refractivity contribution >= 4 is 40.9 Å². The Morgan fingerprint density at radius 2 is 2.21 bits per heavy atom. The van der Waals surface area contributed by atoms with Gasteiger partial charge in [0.1, 0.15) is 0 Å². The number of halogens is 2. The van der Waals surface area contributed by atoms with Gasteiger partial charge in [0.25, 0.3) is 0 Å². The minimum absolute atomic E-state index is 0.00284. The molecule has 1 aliphatic heterocycles. The first kappa shape index (κ1) is 9.56. The van der Waals surface area contributed by atoms with Gasteiger partial charge in [0, 0.05) is 16.2 Å². The molecule has 0 unspecified atom stereocenters. The van der Waals surface area contributed by atoms with Crippen molar-refractivity contribution in [2.75, 3.05) is 5.32 Å². The topological polar surface area (TPSA) is 29.1 Å². The fourth-order valence-corrected chi connectivity index (χ4v) is 1.83. The molecule has 0 fully saturated rings. The summed E-state index contributed by atoms with van der Waals surface area (Å²) in [5.41, 5.74) is 3.99. The lowest BCUT2D eigenvalue weighted by molar-refractivity contribution is -0.115. The lowest BCUT2D eigenvalue weighted by Crippen LogP contribution is -2.03. The molecule has 1 aliphatic rings. The maximum absolute atomic E-state index is 11.1. The first-order valence-electron chi connectivity index (χ1n) is 4.10. The summed E-state index contributed by atoms with van der Waals surface area (Å²) >= 11 is 11.4. The van der Waals surface area contributed by atoms with E-state index in [9.17, 15) is 4.79 Å². The van der Waals surface area contributed by atoms with Crippen LogP contribution in [0.4, 0.5) is 5.69 Å². The van der Waals surface area contributed by atoms with E-state index in [1.54, 1.807) is 12.1 Å². The molecule has 4 heteroatoms. The summed E-state index contributed by atoms with van der Waals surface area (Å²) in [5.74, 6) is 0.00284. The van der Waals surface area contributed by atoms with E-state index in [2.05, 4.69) is 5.32 Å². The normalized spacial score (nSPS) is 14.6. The van der Waals surface area contributed by atoms with E-state index in [0.29, 0.717) is 11.4 Å². The van der Waals surface area contributed by atoms with Gasteiger partial charge in [0.2, 0.25) is 5.91 Å². The molecule has 0 spiro atoms. The Kier molecular flexibility index (Phi) is 2.48. The minimum atomic E-state index is 0.00284. The van der Waals surface area contributed by atoms with Gasteiger partial charge in [-0.15, -0.1) is 0 Å². The van der Waals surface area contributed by atoms with Gasteiger partial charge < -0.3 is 5.32 Å². The predicted octanol–water partition coefficient (Wildman–Crippen LogP) is 3.04. The summed E-state index contributed by atoms with van der Waals surface area (Å²) in [4.78, 5) is 11.1. The average Bonchev–Trinajstić information content (AvgIpc) is 2.45. The van der Waals surface area contributed by atoms with Crippen LogP contribution in [0.3, 0.4) is 0 Å². The Labute approximate surface area is 91.5 Å². The van der Waals surface area contributed by atoms with Crippen molar-refractivity contribution < 1.29 is 4.79 Å². The standard InChI is InChI=1S/C10H7Cl2NO/c11-2-1-6-3-7-4-10(14)13-9(7)5-8(6)12/h1-3,5H,4H2,(H,13,14)/b2-1+. The number of carbonyl (C=O) groups is 1. The van der Waals surface area contributed by atoms with E-state index in [1.165, 1.54) is 5.54 Å². The number of rotatable bonds is 1. The number of carbonyl (C=O) groups excluding carboxylic acids is 1. The van der Waals surface area contributed by atoms with E-state index in [0.717, 1.165) is 16.8 Å². The first-order chi connectivity index (χ1) is 6.70. The number of hydrogen-bond acceptors (Lipinski definition) is 1. The molecule has 0 saturated heterocycles. The van der Waals surface area contributed by atoms with Crippen molar-refractivity contribution in [1.29, 1.82) is 0 Å². The van der Waals surface area contributed by atoms with Crippen molar-refractivity contribution in [3.8, 4) is 0 Å². The summed E-state index contributed by atoms with van der Waals surface area (Å²) in [6.45, 7) is 0. The van der Waals surface area contributed by atoms with Crippen LogP contribution < -0.4 is 5.32 Å². The molecule has 72 valence electrons. The molecule has 1 N–H and O–H groups in total. The van der Waals surface area contributed by atoms with Crippen LogP contribution >= 0.6 is 23.2 Å². The quantitative estimate of drug-likeness (QED) is 0.786.